The normalized spacial score (nSPS) is 23.9. The van der Waals surface area contributed by atoms with E-state index in [1.54, 1.807) is 0 Å². The van der Waals surface area contributed by atoms with Crippen LogP contribution in [0.1, 0.15) is 68.2 Å². The zero-order chi connectivity index (χ0) is 19.6. The number of carbonyl (C=O) groups excluding carboxylic acids is 1. The molecule has 2 atom stereocenters. The average molecular weight is 377 g/mol. The summed E-state index contributed by atoms with van der Waals surface area (Å²) in [7, 11) is 0. The minimum Gasteiger partial charge on any atom is -0.481 e. The van der Waals surface area contributed by atoms with E-state index in [1.807, 2.05) is 22.6 Å². The van der Waals surface area contributed by atoms with Crippen molar-refractivity contribution >= 4 is 11.9 Å². The van der Waals surface area contributed by atoms with E-state index in [0.29, 0.717) is 37.9 Å². The molecule has 1 N–H and O–H groups in total. The predicted octanol–water partition coefficient (Wildman–Crippen LogP) is 2.89. The Bertz CT molecular complexity index is 675. The van der Waals surface area contributed by atoms with Gasteiger partial charge in [0.05, 0.1) is 18.1 Å². The Balaban J connectivity index is 1.62. The van der Waals surface area contributed by atoms with Crippen LogP contribution in [0.4, 0.5) is 0 Å². The number of nitrogens with zero attached hydrogens (tertiary/aromatic N) is 3. The van der Waals surface area contributed by atoms with Gasteiger partial charge < -0.3 is 14.7 Å². The molecule has 2 fully saturated rings. The quantitative estimate of drug-likeness (QED) is 0.824. The molecule has 0 radical (unpaired) electrons. The Kier molecular flexibility index (Phi) is 6.19. The van der Waals surface area contributed by atoms with Crippen molar-refractivity contribution in [1.29, 1.82) is 0 Å². The van der Waals surface area contributed by atoms with E-state index in [4.69, 9.17) is 4.74 Å². The Labute approximate surface area is 160 Å². The highest BCUT2D eigenvalue weighted by atomic mass is 16.5. The lowest BCUT2D eigenvalue weighted by molar-refractivity contribution is -0.145. The third-order valence-corrected chi connectivity index (χ3v) is 6.17. The standard InChI is InChI=1S/C20H31N3O4/c1-4-15(5-2)23-13(3)12-17(21-23)19(24)22-9-6-14(7-10-22)18-16(20(25)26)8-11-27-18/h12,14-16,18H,4-11H2,1-3H3,(H,25,26)/t16?,18-/m0/s1. The van der Waals surface area contributed by atoms with Gasteiger partial charge in [0.1, 0.15) is 0 Å². The number of aryl methyl sites for hydroxylation is 1. The summed E-state index contributed by atoms with van der Waals surface area (Å²) in [6.07, 6.45) is 3.93. The molecule has 2 aliphatic heterocycles. The fourth-order valence-electron chi connectivity index (χ4n) is 4.53. The largest absolute Gasteiger partial charge is 0.481 e. The first kappa shape index (κ1) is 19.9. The van der Waals surface area contributed by atoms with Gasteiger partial charge >= 0.3 is 5.97 Å². The van der Waals surface area contributed by atoms with Gasteiger partial charge in [-0.05, 0) is 51.0 Å². The first-order valence-electron chi connectivity index (χ1n) is 10.2. The summed E-state index contributed by atoms with van der Waals surface area (Å²) < 4.78 is 7.69. The first-order chi connectivity index (χ1) is 13.0. The fourth-order valence-corrected chi connectivity index (χ4v) is 4.53. The van der Waals surface area contributed by atoms with Crippen molar-refractivity contribution in [2.75, 3.05) is 19.7 Å². The fraction of sp³-hybridized carbons (Fsp3) is 0.750. The van der Waals surface area contributed by atoms with Gasteiger partial charge in [0.15, 0.2) is 5.69 Å². The van der Waals surface area contributed by atoms with E-state index in [2.05, 4.69) is 18.9 Å². The molecule has 2 saturated heterocycles. The van der Waals surface area contributed by atoms with Gasteiger partial charge in [-0.15, -0.1) is 0 Å². The average Bonchev–Trinajstić information content (AvgIpc) is 3.30. The van der Waals surface area contributed by atoms with Gasteiger partial charge in [0.25, 0.3) is 5.91 Å². The third kappa shape index (κ3) is 4.03. The van der Waals surface area contributed by atoms with Gasteiger partial charge in [-0.2, -0.15) is 5.10 Å². The van der Waals surface area contributed by atoms with Crippen LogP contribution >= 0.6 is 0 Å². The number of likely N-dealkylation sites (tertiary alicyclic amines) is 1. The summed E-state index contributed by atoms with van der Waals surface area (Å²) in [5.41, 5.74) is 1.53. The van der Waals surface area contributed by atoms with Crippen molar-refractivity contribution in [2.24, 2.45) is 11.8 Å². The molecule has 0 saturated carbocycles. The van der Waals surface area contributed by atoms with Crippen LogP contribution in [0.25, 0.3) is 0 Å². The minimum atomic E-state index is -0.765. The van der Waals surface area contributed by atoms with Crippen LogP contribution in [-0.2, 0) is 9.53 Å². The van der Waals surface area contributed by atoms with Crippen LogP contribution in [0.2, 0.25) is 0 Å². The summed E-state index contributed by atoms with van der Waals surface area (Å²) in [6.45, 7) is 8.05. The van der Waals surface area contributed by atoms with E-state index in [1.165, 1.54) is 0 Å². The lowest BCUT2D eigenvalue weighted by Crippen LogP contribution is -2.43. The molecule has 0 spiro atoms. The van der Waals surface area contributed by atoms with Crippen molar-refractivity contribution in [2.45, 2.75) is 65.0 Å². The molecule has 2 aliphatic rings. The van der Waals surface area contributed by atoms with Crippen LogP contribution in [0.15, 0.2) is 6.07 Å². The molecular weight excluding hydrogens is 346 g/mol. The lowest BCUT2D eigenvalue weighted by atomic mass is 9.84. The van der Waals surface area contributed by atoms with Crippen LogP contribution in [0.3, 0.4) is 0 Å². The molecule has 3 heterocycles. The monoisotopic (exact) mass is 377 g/mol. The number of ether oxygens (including phenoxy) is 1. The first-order valence-corrected chi connectivity index (χ1v) is 10.2. The van der Waals surface area contributed by atoms with Gasteiger partial charge in [-0.1, -0.05) is 13.8 Å². The van der Waals surface area contributed by atoms with Crippen molar-refractivity contribution in [1.82, 2.24) is 14.7 Å². The number of hydrogen-bond acceptors (Lipinski definition) is 4. The number of hydrogen-bond donors (Lipinski definition) is 1. The highest BCUT2D eigenvalue weighted by molar-refractivity contribution is 5.92. The Morgan fingerprint density at radius 1 is 1.26 bits per heavy atom. The van der Waals surface area contributed by atoms with E-state index < -0.39 is 11.9 Å². The number of aromatic nitrogens is 2. The number of piperidine rings is 1. The topological polar surface area (TPSA) is 84.7 Å². The minimum absolute atomic E-state index is 0.0246. The van der Waals surface area contributed by atoms with Gasteiger partial charge in [-0.3, -0.25) is 14.3 Å². The Hall–Kier alpha value is -1.89. The van der Waals surface area contributed by atoms with Crippen molar-refractivity contribution in [3.05, 3.63) is 17.5 Å². The maximum atomic E-state index is 12.9. The summed E-state index contributed by atoms with van der Waals surface area (Å²) in [4.78, 5) is 26.1. The number of carbonyl (C=O) groups is 2. The molecule has 3 rings (SSSR count). The van der Waals surface area contributed by atoms with Gasteiger partial charge in [0.2, 0.25) is 0 Å². The molecule has 0 aliphatic carbocycles. The van der Waals surface area contributed by atoms with Crippen molar-refractivity contribution in [3.8, 4) is 0 Å². The van der Waals surface area contributed by atoms with Crippen LogP contribution < -0.4 is 0 Å². The van der Waals surface area contributed by atoms with Crippen LogP contribution in [0, 0.1) is 18.8 Å². The summed E-state index contributed by atoms with van der Waals surface area (Å²) >= 11 is 0. The molecule has 0 bridgehead atoms. The molecule has 1 amide bonds. The molecule has 150 valence electrons. The second kappa shape index (κ2) is 8.42. The summed E-state index contributed by atoms with van der Waals surface area (Å²) in [6, 6.07) is 2.21. The third-order valence-electron chi connectivity index (χ3n) is 6.17. The highest BCUT2D eigenvalue weighted by Gasteiger charge is 2.41. The molecule has 7 heteroatoms. The summed E-state index contributed by atoms with van der Waals surface area (Å²) in [5.74, 6) is -0.987. The second-order valence-corrected chi connectivity index (χ2v) is 7.78. The Morgan fingerprint density at radius 3 is 2.52 bits per heavy atom. The number of carboxylic acids is 1. The maximum Gasteiger partial charge on any atom is 0.309 e. The van der Waals surface area contributed by atoms with Crippen molar-refractivity contribution in [3.63, 3.8) is 0 Å². The number of carboxylic acid groups (broad SMARTS) is 1. The highest BCUT2D eigenvalue weighted by Crippen LogP contribution is 2.33. The number of rotatable bonds is 6. The number of amides is 1. The van der Waals surface area contributed by atoms with E-state index in [9.17, 15) is 14.7 Å². The van der Waals surface area contributed by atoms with Gasteiger partial charge in [-0.25, -0.2) is 0 Å². The number of aliphatic carboxylic acids is 1. The molecule has 0 aromatic carbocycles. The molecule has 1 aromatic heterocycles. The van der Waals surface area contributed by atoms with E-state index in [0.717, 1.165) is 31.4 Å². The van der Waals surface area contributed by atoms with Gasteiger partial charge in [0, 0.05) is 25.4 Å². The van der Waals surface area contributed by atoms with E-state index in [-0.39, 0.29) is 17.9 Å². The molecule has 1 unspecified atom stereocenters. The predicted molar refractivity (Wildman–Crippen MR) is 101 cm³/mol. The lowest BCUT2D eigenvalue weighted by Gasteiger charge is -2.35. The zero-order valence-corrected chi connectivity index (χ0v) is 16.6. The van der Waals surface area contributed by atoms with Crippen LogP contribution in [0.5, 0.6) is 0 Å². The van der Waals surface area contributed by atoms with E-state index >= 15 is 0 Å². The zero-order valence-electron chi connectivity index (χ0n) is 16.6. The second-order valence-electron chi connectivity index (χ2n) is 7.78. The maximum absolute atomic E-state index is 12.9. The van der Waals surface area contributed by atoms with Crippen LogP contribution in [-0.4, -0.2) is 57.5 Å². The smallest absolute Gasteiger partial charge is 0.309 e. The molecule has 27 heavy (non-hydrogen) atoms. The molecular formula is C20H31N3O4. The molecule has 7 nitrogen and oxygen atoms in total. The SMILES string of the molecule is CCC(CC)n1nc(C(=O)N2CCC([C@@H]3OCCC3C(=O)O)CC2)cc1C. The summed E-state index contributed by atoms with van der Waals surface area (Å²) in [5, 5.41) is 13.9. The molecule has 1 aromatic rings. The van der Waals surface area contributed by atoms with Crippen molar-refractivity contribution < 1.29 is 19.4 Å². The Morgan fingerprint density at radius 2 is 1.93 bits per heavy atom.